The Morgan fingerprint density at radius 3 is 2.45 bits per heavy atom. The number of carbonyl (C=O) groups is 2. The Hall–Kier alpha value is -2.69. The predicted octanol–water partition coefficient (Wildman–Crippen LogP) is 3.66. The first-order valence-corrected chi connectivity index (χ1v) is 7.29. The van der Waals surface area contributed by atoms with E-state index in [4.69, 9.17) is 0 Å². The summed E-state index contributed by atoms with van der Waals surface area (Å²) in [5, 5.41) is 5.46. The molecule has 2 N–H and O–H groups in total. The molecule has 0 fully saturated rings. The number of carbonyl (C=O) groups excluding carboxylic acids is 2. The minimum Gasteiger partial charge on any atom is -0.307 e. The molecule has 2 aromatic rings. The Labute approximate surface area is 129 Å². The third kappa shape index (κ3) is 3.69. The molecular weight excluding hydrogens is 278 g/mol. The highest BCUT2D eigenvalue weighted by atomic mass is 16.2. The highest BCUT2D eigenvalue weighted by Crippen LogP contribution is 2.17. The summed E-state index contributed by atoms with van der Waals surface area (Å²) in [6.45, 7) is 3.98. The predicted molar refractivity (Wildman–Crippen MR) is 87.5 cm³/mol. The molecule has 114 valence electrons. The van der Waals surface area contributed by atoms with Crippen LogP contribution in [0.3, 0.4) is 0 Å². The van der Waals surface area contributed by atoms with Gasteiger partial charge in [-0.2, -0.15) is 0 Å². The maximum absolute atomic E-state index is 12.1. The number of aryl methyl sites for hydroxylation is 2. The van der Waals surface area contributed by atoms with Gasteiger partial charge in [0.2, 0.25) is 0 Å². The van der Waals surface area contributed by atoms with Gasteiger partial charge < -0.3 is 10.6 Å². The molecule has 1 heterocycles. The molecule has 0 saturated heterocycles. The number of aldehydes is 1. The van der Waals surface area contributed by atoms with Crippen molar-refractivity contribution in [2.75, 3.05) is 10.6 Å². The van der Waals surface area contributed by atoms with Crippen LogP contribution < -0.4 is 10.6 Å². The Balaban J connectivity index is 2.14. The Morgan fingerprint density at radius 1 is 1.05 bits per heavy atom. The number of para-hydroxylation sites is 1. The molecule has 2 amide bonds. The Bertz CT molecular complexity index is 683. The maximum atomic E-state index is 12.1. The van der Waals surface area contributed by atoms with Crippen LogP contribution in [-0.4, -0.2) is 17.3 Å². The standard InChI is InChI=1S/C17H19N3O2/c1-3-12-7-5-6-8-14(12)19-17(22)20-15-10-9-13(4-2)18-16(15)11-21/h5-11H,3-4H2,1-2H3,(H2,19,20,22). The molecule has 2 rings (SSSR count). The van der Waals surface area contributed by atoms with E-state index in [1.165, 1.54) is 0 Å². The number of anilines is 2. The average Bonchev–Trinajstić information content (AvgIpc) is 2.55. The molecule has 0 spiro atoms. The van der Waals surface area contributed by atoms with Gasteiger partial charge in [-0.15, -0.1) is 0 Å². The lowest BCUT2D eigenvalue weighted by Crippen LogP contribution is -2.21. The van der Waals surface area contributed by atoms with Gasteiger partial charge in [0.05, 0.1) is 5.69 Å². The lowest BCUT2D eigenvalue weighted by molar-refractivity contribution is 0.111. The van der Waals surface area contributed by atoms with Crippen molar-refractivity contribution in [1.82, 2.24) is 4.98 Å². The van der Waals surface area contributed by atoms with Gasteiger partial charge >= 0.3 is 6.03 Å². The van der Waals surface area contributed by atoms with Crippen LogP contribution in [0, 0.1) is 0 Å². The van der Waals surface area contributed by atoms with Gasteiger partial charge in [0.15, 0.2) is 6.29 Å². The van der Waals surface area contributed by atoms with Crippen molar-refractivity contribution >= 4 is 23.7 Å². The lowest BCUT2D eigenvalue weighted by Gasteiger charge is -2.12. The van der Waals surface area contributed by atoms with E-state index in [9.17, 15) is 9.59 Å². The number of nitrogens with one attached hydrogen (secondary N) is 2. The monoisotopic (exact) mass is 297 g/mol. The number of hydrogen-bond donors (Lipinski definition) is 2. The van der Waals surface area contributed by atoms with Gasteiger partial charge in [0.1, 0.15) is 5.69 Å². The number of rotatable bonds is 5. The van der Waals surface area contributed by atoms with E-state index in [2.05, 4.69) is 15.6 Å². The van der Waals surface area contributed by atoms with E-state index in [1.807, 2.05) is 38.1 Å². The topological polar surface area (TPSA) is 71.1 Å². The van der Waals surface area contributed by atoms with E-state index >= 15 is 0 Å². The molecule has 0 radical (unpaired) electrons. The fourth-order valence-corrected chi connectivity index (χ4v) is 2.14. The zero-order valence-electron chi connectivity index (χ0n) is 12.7. The van der Waals surface area contributed by atoms with Crippen molar-refractivity contribution in [1.29, 1.82) is 0 Å². The van der Waals surface area contributed by atoms with E-state index < -0.39 is 6.03 Å². The number of nitrogens with zero attached hydrogens (tertiary/aromatic N) is 1. The Morgan fingerprint density at radius 2 is 1.77 bits per heavy atom. The number of hydrogen-bond acceptors (Lipinski definition) is 3. The largest absolute Gasteiger partial charge is 0.323 e. The highest BCUT2D eigenvalue weighted by molar-refractivity contribution is 6.02. The summed E-state index contributed by atoms with van der Waals surface area (Å²) in [5.41, 5.74) is 3.25. The highest BCUT2D eigenvalue weighted by Gasteiger charge is 2.10. The van der Waals surface area contributed by atoms with Crippen LogP contribution in [0.25, 0.3) is 0 Å². The summed E-state index contributed by atoms with van der Waals surface area (Å²) in [7, 11) is 0. The first kappa shape index (κ1) is 15.7. The maximum Gasteiger partial charge on any atom is 0.323 e. The molecule has 22 heavy (non-hydrogen) atoms. The van der Waals surface area contributed by atoms with Gasteiger partial charge in [0.25, 0.3) is 0 Å². The lowest BCUT2D eigenvalue weighted by atomic mass is 10.1. The first-order chi connectivity index (χ1) is 10.7. The number of pyridine rings is 1. The van der Waals surface area contributed by atoms with E-state index in [-0.39, 0.29) is 5.69 Å². The molecule has 5 heteroatoms. The van der Waals surface area contributed by atoms with Crippen LogP contribution in [0.4, 0.5) is 16.2 Å². The SMILES string of the molecule is CCc1ccc(NC(=O)Nc2ccccc2CC)c(C=O)n1. The molecular formula is C17H19N3O2. The third-order valence-corrected chi connectivity index (χ3v) is 3.35. The van der Waals surface area contributed by atoms with Crippen LogP contribution in [0.1, 0.15) is 35.6 Å². The van der Waals surface area contributed by atoms with Gasteiger partial charge in [0, 0.05) is 11.4 Å². The molecule has 0 atom stereocenters. The molecule has 0 saturated carbocycles. The molecule has 0 aliphatic carbocycles. The number of benzene rings is 1. The molecule has 0 bridgehead atoms. The van der Waals surface area contributed by atoms with Crippen LogP contribution in [0.2, 0.25) is 0 Å². The molecule has 1 aromatic carbocycles. The van der Waals surface area contributed by atoms with Crippen LogP contribution in [0.15, 0.2) is 36.4 Å². The first-order valence-electron chi connectivity index (χ1n) is 7.29. The van der Waals surface area contributed by atoms with Crippen molar-refractivity contribution in [2.45, 2.75) is 26.7 Å². The molecule has 5 nitrogen and oxygen atoms in total. The van der Waals surface area contributed by atoms with Gasteiger partial charge in [-0.1, -0.05) is 32.0 Å². The molecule has 0 unspecified atom stereocenters. The molecule has 0 aliphatic rings. The van der Waals surface area contributed by atoms with E-state index in [0.29, 0.717) is 12.0 Å². The van der Waals surface area contributed by atoms with Gasteiger partial charge in [-0.25, -0.2) is 9.78 Å². The van der Waals surface area contributed by atoms with Crippen molar-refractivity contribution in [3.63, 3.8) is 0 Å². The minimum absolute atomic E-state index is 0.235. The van der Waals surface area contributed by atoms with E-state index in [1.54, 1.807) is 12.1 Å². The fourth-order valence-electron chi connectivity index (χ4n) is 2.14. The Kier molecular flexibility index (Phi) is 5.25. The average molecular weight is 297 g/mol. The number of urea groups is 1. The van der Waals surface area contributed by atoms with Crippen molar-refractivity contribution < 1.29 is 9.59 Å². The van der Waals surface area contributed by atoms with Crippen molar-refractivity contribution in [3.8, 4) is 0 Å². The summed E-state index contributed by atoms with van der Waals surface area (Å²) < 4.78 is 0. The van der Waals surface area contributed by atoms with Gasteiger partial charge in [-0.3, -0.25) is 4.79 Å². The normalized spacial score (nSPS) is 10.1. The van der Waals surface area contributed by atoms with Crippen LogP contribution >= 0.6 is 0 Å². The fraction of sp³-hybridized carbons (Fsp3) is 0.235. The molecule has 1 aromatic heterocycles. The molecule has 0 aliphatic heterocycles. The van der Waals surface area contributed by atoms with Crippen molar-refractivity contribution in [2.24, 2.45) is 0 Å². The summed E-state index contributed by atoms with van der Waals surface area (Å²) in [5.74, 6) is 0. The second kappa shape index (κ2) is 7.36. The minimum atomic E-state index is -0.393. The summed E-state index contributed by atoms with van der Waals surface area (Å²) in [4.78, 5) is 27.4. The van der Waals surface area contributed by atoms with Crippen LogP contribution in [0.5, 0.6) is 0 Å². The van der Waals surface area contributed by atoms with Gasteiger partial charge in [-0.05, 0) is 36.6 Å². The smallest absolute Gasteiger partial charge is 0.307 e. The zero-order valence-corrected chi connectivity index (χ0v) is 12.7. The van der Waals surface area contributed by atoms with Crippen molar-refractivity contribution in [3.05, 3.63) is 53.3 Å². The second-order valence-corrected chi connectivity index (χ2v) is 4.80. The second-order valence-electron chi connectivity index (χ2n) is 4.80. The number of aromatic nitrogens is 1. The summed E-state index contributed by atoms with van der Waals surface area (Å²) >= 11 is 0. The third-order valence-electron chi connectivity index (χ3n) is 3.35. The summed E-state index contributed by atoms with van der Waals surface area (Å²) in [6.07, 6.45) is 2.20. The number of amides is 2. The van der Waals surface area contributed by atoms with E-state index in [0.717, 1.165) is 29.8 Å². The zero-order chi connectivity index (χ0) is 15.9. The van der Waals surface area contributed by atoms with Crippen LogP contribution in [-0.2, 0) is 12.8 Å². The quantitative estimate of drug-likeness (QED) is 0.827. The summed E-state index contributed by atoms with van der Waals surface area (Å²) in [6, 6.07) is 10.7.